The van der Waals surface area contributed by atoms with Gasteiger partial charge < -0.3 is 19.9 Å². The summed E-state index contributed by atoms with van der Waals surface area (Å²) in [6.07, 6.45) is 1.70. The van der Waals surface area contributed by atoms with Crippen molar-refractivity contribution in [3.8, 4) is 11.5 Å². The summed E-state index contributed by atoms with van der Waals surface area (Å²) in [6, 6.07) is 3.74. The fourth-order valence-electron chi connectivity index (χ4n) is 2.13. The summed E-state index contributed by atoms with van der Waals surface area (Å²) in [6.45, 7) is 4.79. The van der Waals surface area contributed by atoms with E-state index in [4.69, 9.17) is 21.1 Å². The fraction of sp³-hybridized carbons (Fsp3) is 0.600. The van der Waals surface area contributed by atoms with Gasteiger partial charge in [-0.2, -0.15) is 0 Å². The van der Waals surface area contributed by atoms with Gasteiger partial charge in [-0.05, 0) is 24.5 Å². The van der Waals surface area contributed by atoms with Gasteiger partial charge >= 0.3 is 0 Å². The summed E-state index contributed by atoms with van der Waals surface area (Å²) >= 11 is 6.34. The van der Waals surface area contributed by atoms with E-state index in [1.165, 1.54) is 0 Å². The first kappa shape index (κ1) is 17.1. The average molecular weight is 302 g/mol. The standard InChI is InChI=1S/C15H24ClNO3/c1-5-15(6-2,10-18)17-9-11-7-8-12(19-3)14(20-4)13(11)16/h7-8,17-18H,5-6,9-10H2,1-4H3. The zero-order valence-electron chi connectivity index (χ0n) is 12.6. The van der Waals surface area contributed by atoms with Crippen LogP contribution in [0.15, 0.2) is 12.1 Å². The summed E-state index contributed by atoms with van der Waals surface area (Å²) < 4.78 is 10.5. The second-order valence-corrected chi connectivity index (χ2v) is 5.15. The molecule has 0 radical (unpaired) electrons. The van der Waals surface area contributed by atoms with Crippen LogP contribution in [0.3, 0.4) is 0 Å². The molecule has 1 aromatic rings. The van der Waals surface area contributed by atoms with E-state index in [1.807, 2.05) is 12.1 Å². The van der Waals surface area contributed by atoms with Gasteiger partial charge in [-0.1, -0.05) is 31.5 Å². The molecule has 114 valence electrons. The lowest BCUT2D eigenvalue weighted by Gasteiger charge is -2.31. The number of nitrogens with one attached hydrogen (secondary N) is 1. The van der Waals surface area contributed by atoms with Gasteiger partial charge in [0.25, 0.3) is 0 Å². The second kappa shape index (κ2) is 7.72. The number of hydrogen-bond donors (Lipinski definition) is 2. The number of methoxy groups -OCH3 is 2. The monoisotopic (exact) mass is 301 g/mol. The normalized spacial score (nSPS) is 11.5. The van der Waals surface area contributed by atoms with Crippen LogP contribution < -0.4 is 14.8 Å². The molecule has 1 rings (SSSR count). The number of aliphatic hydroxyl groups excluding tert-OH is 1. The number of halogens is 1. The minimum absolute atomic E-state index is 0.102. The Kier molecular flexibility index (Phi) is 6.59. The van der Waals surface area contributed by atoms with Crippen LogP contribution in [0.1, 0.15) is 32.3 Å². The van der Waals surface area contributed by atoms with Gasteiger partial charge in [0.1, 0.15) is 0 Å². The summed E-state index contributed by atoms with van der Waals surface area (Å²) in [5.74, 6) is 1.15. The molecule has 0 aliphatic rings. The zero-order chi connectivity index (χ0) is 15.2. The molecule has 0 amide bonds. The molecule has 0 saturated heterocycles. The van der Waals surface area contributed by atoms with Crippen molar-refractivity contribution in [1.82, 2.24) is 5.32 Å². The van der Waals surface area contributed by atoms with Crippen molar-refractivity contribution < 1.29 is 14.6 Å². The molecule has 0 saturated carbocycles. The van der Waals surface area contributed by atoms with Crippen LogP contribution in [-0.4, -0.2) is 31.5 Å². The van der Waals surface area contributed by atoms with Crippen LogP contribution in [0.4, 0.5) is 0 Å². The maximum absolute atomic E-state index is 9.57. The Morgan fingerprint density at radius 2 is 1.85 bits per heavy atom. The van der Waals surface area contributed by atoms with Crippen LogP contribution in [-0.2, 0) is 6.54 Å². The Labute approximate surface area is 126 Å². The summed E-state index contributed by atoms with van der Waals surface area (Å²) in [5.41, 5.74) is 0.653. The van der Waals surface area contributed by atoms with E-state index in [-0.39, 0.29) is 12.1 Å². The van der Waals surface area contributed by atoms with Gasteiger partial charge in [-0.3, -0.25) is 0 Å². The summed E-state index contributed by atoms with van der Waals surface area (Å²) in [5, 5.41) is 13.5. The Morgan fingerprint density at radius 3 is 2.30 bits per heavy atom. The van der Waals surface area contributed by atoms with Crippen LogP contribution >= 0.6 is 11.6 Å². The molecular formula is C15H24ClNO3. The fourth-order valence-corrected chi connectivity index (χ4v) is 2.43. The van der Waals surface area contributed by atoms with E-state index < -0.39 is 0 Å². The van der Waals surface area contributed by atoms with E-state index >= 15 is 0 Å². The van der Waals surface area contributed by atoms with Crippen molar-refractivity contribution in [2.24, 2.45) is 0 Å². The molecule has 0 spiro atoms. The average Bonchev–Trinajstić information content (AvgIpc) is 2.50. The lowest BCUT2D eigenvalue weighted by molar-refractivity contribution is 0.149. The molecule has 0 bridgehead atoms. The molecule has 1 aromatic carbocycles. The number of benzene rings is 1. The van der Waals surface area contributed by atoms with E-state index in [0.717, 1.165) is 18.4 Å². The van der Waals surface area contributed by atoms with Gasteiger partial charge in [0, 0.05) is 12.1 Å². The van der Waals surface area contributed by atoms with E-state index in [9.17, 15) is 5.11 Å². The Bertz CT molecular complexity index is 425. The molecule has 0 aromatic heterocycles. The van der Waals surface area contributed by atoms with E-state index in [1.54, 1.807) is 14.2 Å². The number of aliphatic hydroxyl groups is 1. The first-order valence-corrected chi connectivity index (χ1v) is 7.20. The van der Waals surface area contributed by atoms with Crippen LogP contribution in [0.2, 0.25) is 5.02 Å². The SMILES string of the molecule is CCC(CC)(CO)NCc1ccc(OC)c(OC)c1Cl. The predicted molar refractivity (Wildman–Crippen MR) is 81.8 cm³/mol. The summed E-state index contributed by atoms with van der Waals surface area (Å²) in [4.78, 5) is 0. The third-order valence-electron chi connectivity index (χ3n) is 3.88. The van der Waals surface area contributed by atoms with Gasteiger partial charge in [-0.15, -0.1) is 0 Å². The third-order valence-corrected chi connectivity index (χ3v) is 4.29. The van der Waals surface area contributed by atoms with Gasteiger partial charge in [0.2, 0.25) is 0 Å². The summed E-state index contributed by atoms with van der Waals surface area (Å²) in [7, 11) is 3.15. The first-order chi connectivity index (χ1) is 9.57. The maximum atomic E-state index is 9.57. The minimum Gasteiger partial charge on any atom is -0.493 e. The molecule has 0 unspecified atom stereocenters. The molecule has 4 nitrogen and oxygen atoms in total. The lowest BCUT2D eigenvalue weighted by Crippen LogP contribution is -2.47. The molecule has 0 aliphatic carbocycles. The van der Waals surface area contributed by atoms with Crippen LogP contribution in [0.25, 0.3) is 0 Å². The maximum Gasteiger partial charge on any atom is 0.179 e. The minimum atomic E-state index is -0.267. The quantitative estimate of drug-likeness (QED) is 0.775. The molecule has 2 N–H and O–H groups in total. The molecule has 0 fully saturated rings. The van der Waals surface area contributed by atoms with Gasteiger partial charge in [-0.25, -0.2) is 0 Å². The molecular weight excluding hydrogens is 278 g/mol. The van der Waals surface area contributed by atoms with E-state index in [2.05, 4.69) is 19.2 Å². The van der Waals surface area contributed by atoms with Crippen molar-refractivity contribution in [2.45, 2.75) is 38.8 Å². The van der Waals surface area contributed by atoms with Crippen molar-refractivity contribution >= 4 is 11.6 Å². The molecule has 20 heavy (non-hydrogen) atoms. The molecule has 0 aliphatic heterocycles. The van der Waals surface area contributed by atoms with Crippen LogP contribution in [0, 0.1) is 0 Å². The van der Waals surface area contributed by atoms with Crippen molar-refractivity contribution in [3.63, 3.8) is 0 Å². The smallest absolute Gasteiger partial charge is 0.179 e. The highest BCUT2D eigenvalue weighted by Gasteiger charge is 2.25. The van der Waals surface area contributed by atoms with Gasteiger partial charge in [0.05, 0.1) is 25.8 Å². The molecule has 0 heterocycles. The third kappa shape index (κ3) is 3.57. The highest BCUT2D eigenvalue weighted by atomic mass is 35.5. The molecule has 0 atom stereocenters. The molecule has 5 heteroatoms. The Morgan fingerprint density at radius 1 is 1.20 bits per heavy atom. The van der Waals surface area contributed by atoms with Crippen molar-refractivity contribution in [1.29, 1.82) is 0 Å². The van der Waals surface area contributed by atoms with Crippen molar-refractivity contribution in [2.75, 3.05) is 20.8 Å². The number of rotatable bonds is 8. The predicted octanol–water partition coefficient (Wildman–Crippen LogP) is 3.00. The highest BCUT2D eigenvalue weighted by Crippen LogP contribution is 2.37. The number of hydrogen-bond acceptors (Lipinski definition) is 4. The lowest BCUT2D eigenvalue weighted by atomic mass is 9.93. The zero-order valence-corrected chi connectivity index (χ0v) is 13.4. The Balaban J connectivity index is 2.94. The Hall–Kier alpha value is -0.970. The largest absolute Gasteiger partial charge is 0.493 e. The van der Waals surface area contributed by atoms with Crippen molar-refractivity contribution in [3.05, 3.63) is 22.7 Å². The highest BCUT2D eigenvalue weighted by molar-refractivity contribution is 6.33. The van der Waals surface area contributed by atoms with Gasteiger partial charge in [0.15, 0.2) is 11.5 Å². The number of ether oxygens (including phenoxy) is 2. The van der Waals surface area contributed by atoms with E-state index in [0.29, 0.717) is 23.1 Å². The second-order valence-electron chi connectivity index (χ2n) is 4.77. The van der Waals surface area contributed by atoms with Crippen LogP contribution in [0.5, 0.6) is 11.5 Å². The topological polar surface area (TPSA) is 50.7 Å². The first-order valence-electron chi connectivity index (χ1n) is 6.82.